The number of rotatable bonds is 7. The van der Waals surface area contributed by atoms with E-state index in [4.69, 9.17) is 4.74 Å². The largest absolute Gasteiger partial charge is 0.508 e. The third kappa shape index (κ3) is 5.75. The molecule has 1 saturated heterocycles. The Morgan fingerprint density at radius 1 is 1.13 bits per heavy atom. The molecule has 0 amide bonds. The van der Waals surface area contributed by atoms with Crippen LogP contribution >= 0.6 is 0 Å². The summed E-state index contributed by atoms with van der Waals surface area (Å²) in [7, 11) is -3.34. The Bertz CT molecular complexity index is 962. The van der Waals surface area contributed by atoms with E-state index >= 15 is 0 Å². The Hall–Kier alpha value is -2.16. The minimum atomic E-state index is -3.34. The van der Waals surface area contributed by atoms with Crippen molar-refractivity contribution in [2.24, 2.45) is 0 Å². The van der Waals surface area contributed by atoms with E-state index in [1.54, 1.807) is 12.3 Å². The van der Waals surface area contributed by atoms with Crippen molar-refractivity contribution in [3.8, 4) is 5.75 Å². The molecule has 1 aliphatic heterocycles. The molecule has 8 heteroatoms. The minimum Gasteiger partial charge on any atom is -0.508 e. The molecule has 2 heterocycles. The van der Waals surface area contributed by atoms with Crippen molar-refractivity contribution in [2.75, 3.05) is 24.3 Å². The number of aromatic nitrogens is 1. The van der Waals surface area contributed by atoms with Gasteiger partial charge >= 0.3 is 0 Å². The molecule has 2 fully saturated rings. The van der Waals surface area contributed by atoms with Crippen molar-refractivity contribution in [3.05, 3.63) is 54.2 Å². The zero-order valence-electron chi connectivity index (χ0n) is 17.9. The number of ether oxygens (including phenoxy) is 1. The highest BCUT2D eigenvalue weighted by Gasteiger charge is 2.37. The molecule has 2 aromatic rings. The molecule has 0 radical (unpaired) electrons. The lowest BCUT2D eigenvalue weighted by molar-refractivity contribution is 0.0156. The summed E-state index contributed by atoms with van der Waals surface area (Å²) in [6.07, 6.45) is 7.79. The first-order chi connectivity index (χ1) is 14.9. The van der Waals surface area contributed by atoms with Gasteiger partial charge in [-0.25, -0.2) is 18.1 Å². The third-order valence-electron chi connectivity index (χ3n) is 6.38. The van der Waals surface area contributed by atoms with E-state index in [0.717, 1.165) is 25.7 Å². The maximum atomic E-state index is 11.9. The van der Waals surface area contributed by atoms with Gasteiger partial charge in [-0.2, -0.15) is 0 Å². The number of aromatic hydroxyl groups is 1. The van der Waals surface area contributed by atoms with Gasteiger partial charge in [0.2, 0.25) is 10.0 Å². The van der Waals surface area contributed by atoms with Crippen LogP contribution in [0.1, 0.15) is 43.6 Å². The smallest absolute Gasteiger partial charge is 0.209 e. The lowest BCUT2D eigenvalue weighted by Crippen LogP contribution is -2.48. The van der Waals surface area contributed by atoms with Crippen molar-refractivity contribution in [3.63, 3.8) is 0 Å². The van der Waals surface area contributed by atoms with Gasteiger partial charge in [-0.1, -0.05) is 30.3 Å². The van der Waals surface area contributed by atoms with Crippen molar-refractivity contribution in [1.29, 1.82) is 0 Å². The van der Waals surface area contributed by atoms with E-state index in [1.165, 1.54) is 17.9 Å². The highest BCUT2D eigenvalue weighted by molar-refractivity contribution is 7.88. The summed E-state index contributed by atoms with van der Waals surface area (Å²) < 4.78 is 32.8. The van der Waals surface area contributed by atoms with Gasteiger partial charge in [0.25, 0.3) is 0 Å². The summed E-state index contributed by atoms with van der Waals surface area (Å²) in [5.74, 6) is 1.36. The Kier molecular flexibility index (Phi) is 6.79. The van der Waals surface area contributed by atoms with Crippen LogP contribution in [0.5, 0.6) is 5.75 Å². The second-order valence-corrected chi connectivity index (χ2v) is 10.4. The summed E-state index contributed by atoms with van der Waals surface area (Å²) in [5.41, 5.74) is 1.40. The molecule has 168 valence electrons. The molecule has 1 aromatic heterocycles. The van der Waals surface area contributed by atoms with Crippen LogP contribution < -0.4 is 9.62 Å². The number of nitrogens with one attached hydrogen (secondary N) is 1. The molecule has 0 spiro atoms. The first kappa shape index (κ1) is 22.0. The van der Waals surface area contributed by atoms with Crippen molar-refractivity contribution >= 4 is 15.8 Å². The lowest BCUT2D eigenvalue weighted by atomic mass is 9.83. The van der Waals surface area contributed by atoms with Crippen LogP contribution in [0, 0.1) is 0 Å². The number of hydrogen-bond acceptors (Lipinski definition) is 6. The van der Waals surface area contributed by atoms with Crippen LogP contribution in [0.2, 0.25) is 0 Å². The van der Waals surface area contributed by atoms with Gasteiger partial charge in [0.1, 0.15) is 11.6 Å². The predicted octanol–water partition coefficient (Wildman–Crippen LogP) is 3.03. The number of nitrogens with zero attached hydrogens (tertiary/aromatic N) is 2. The first-order valence-electron chi connectivity index (χ1n) is 10.9. The van der Waals surface area contributed by atoms with Crippen LogP contribution in [0.25, 0.3) is 0 Å². The highest BCUT2D eigenvalue weighted by Crippen LogP contribution is 2.34. The minimum absolute atomic E-state index is 0.142. The maximum Gasteiger partial charge on any atom is 0.209 e. The number of anilines is 1. The van der Waals surface area contributed by atoms with Gasteiger partial charge in [0, 0.05) is 24.8 Å². The fourth-order valence-electron chi connectivity index (χ4n) is 4.84. The average molecular weight is 446 g/mol. The standard InChI is InChI=1S/C23H31N3O4S/c1-31(28,29)25-21-12-14-26(23-15-19(27)11-13-24-23)22(21)16-30-20-9-7-18(8-10-20)17-5-3-2-4-6-17/h2-6,11,13,15,18,20-22,25H,7-10,12,14,16H2,1H3,(H,24,27)/t18?,20?,21-,22-/m0/s1. The molecule has 7 nitrogen and oxygen atoms in total. The SMILES string of the molecule is CS(=O)(=O)N[C@H]1CCN(c2cc(O)ccn2)[C@H]1COC1CCC(c2ccccc2)CC1. The topological polar surface area (TPSA) is 91.8 Å². The Morgan fingerprint density at radius 2 is 1.87 bits per heavy atom. The van der Waals surface area contributed by atoms with E-state index in [2.05, 4.69) is 34.0 Å². The quantitative estimate of drug-likeness (QED) is 0.681. The maximum absolute atomic E-state index is 11.9. The van der Waals surface area contributed by atoms with Gasteiger partial charge < -0.3 is 14.7 Å². The molecule has 2 N–H and O–H groups in total. The average Bonchev–Trinajstić information content (AvgIpc) is 3.14. The van der Waals surface area contributed by atoms with E-state index in [1.807, 2.05) is 11.0 Å². The first-order valence-corrected chi connectivity index (χ1v) is 12.8. The monoisotopic (exact) mass is 445 g/mol. The summed E-state index contributed by atoms with van der Waals surface area (Å²) >= 11 is 0. The van der Waals surface area contributed by atoms with Crippen LogP contribution in [0.15, 0.2) is 48.7 Å². The second kappa shape index (κ2) is 9.54. The second-order valence-electron chi connectivity index (χ2n) is 8.64. The number of benzene rings is 1. The zero-order chi connectivity index (χ0) is 21.8. The Morgan fingerprint density at radius 3 is 2.55 bits per heavy atom. The molecular formula is C23H31N3O4S. The number of sulfonamides is 1. The number of pyridine rings is 1. The number of hydrogen-bond donors (Lipinski definition) is 2. The molecule has 0 bridgehead atoms. The van der Waals surface area contributed by atoms with E-state index < -0.39 is 10.0 Å². The van der Waals surface area contributed by atoms with E-state index in [0.29, 0.717) is 31.3 Å². The molecule has 1 aromatic carbocycles. The molecule has 31 heavy (non-hydrogen) atoms. The normalized spacial score (nSPS) is 26.8. The van der Waals surface area contributed by atoms with Crippen molar-refractivity contribution in [1.82, 2.24) is 9.71 Å². The molecule has 0 unspecified atom stereocenters. The van der Waals surface area contributed by atoms with E-state index in [-0.39, 0.29) is 23.9 Å². The highest BCUT2D eigenvalue weighted by atomic mass is 32.2. The Labute approximate surface area is 184 Å². The molecule has 2 atom stereocenters. The van der Waals surface area contributed by atoms with Gasteiger partial charge in [-0.3, -0.25) is 0 Å². The fourth-order valence-corrected chi connectivity index (χ4v) is 5.67. The fraction of sp³-hybridized carbons (Fsp3) is 0.522. The molecule has 1 aliphatic carbocycles. The van der Waals surface area contributed by atoms with E-state index in [9.17, 15) is 13.5 Å². The summed E-state index contributed by atoms with van der Waals surface area (Å²) in [5, 5.41) is 9.86. The van der Waals surface area contributed by atoms with Gasteiger partial charge in [0.15, 0.2) is 0 Å². The predicted molar refractivity (Wildman–Crippen MR) is 121 cm³/mol. The summed E-state index contributed by atoms with van der Waals surface area (Å²) in [6, 6.07) is 13.4. The van der Waals surface area contributed by atoms with Gasteiger partial charge in [-0.05, 0) is 49.7 Å². The summed E-state index contributed by atoms with van der Waals surface area (Å²) in [6.45, 7) is 1.07. The summed E-state index contributed by atoms with van der Waals surface area (Å²) in [4.78, 5) is 6.41. The van der Waals surface area contributed by atoms with Crippen LogP contribution in [0.3, 0.4) is 0 Å². The molecule has 4 rings (SSSR count). The lowest BCUT2D eigenvalue weighted by Gasteiger charge is -2.33. The molecule has 2 aliphatic rings. The van der Waals surface area contributed by atoms with Crippen LogP contribution in [0.4, 0.5) is 5.82 Å². The van der Waals surface area contributed by atoms with Crippen LogP contribution in [-0.2, 0) is 14.8 Å². The zero-order valence-corrected chi connectivity index (χ0v) is 18.7. The van der Waals surface area contributed by atoms with Gasteiger partial charge in [0.05, 0.1) is 25.0 Å². The van der Waals surface area contributed by atoms with Crippen molar-refractivity contribution in [2.45, 2.75) is 56.2 Å². The molecule has 1 saturated carbocycles. The van der Waals surface area contributed by atoms with Gasteiger partial charge in [-0.15, -0.1) is 0 Å². The molecular weight excluding hydrogens is 414 g/mol. The third-order valence-corrected chi connectivity index (χ3v) is 7.11. The Balaban J connectivity index is 1.39. The van der Waals surface area contributed by atoms with Crippen molar-refractivity contribution < 1.29 is 18.3 Å². The van der Waals surface area contributed by atoms with Crippen LogP contribution in [-0.4, -0.2) is 56.1 Å².